The smallest absolute Gasteiger partial charge is 0.416 e. The molecule has 0 bridgehead atoms. The number of nitriles is 2. The minimum Gasteiger partial charge on any atom is -0.466 e. The fourth-order valence-corrected chi connectivity index (χ4v) is 12.1. The highest BCUT2D eigenvalue weighted by Gasteiger charge is 2.47. The summed E-state index contributed by atoms with van der Waals surface area (Å²) >= 11 is 4.81. The Morgan fingerprint density at radius 2 is 0.982 bits per heavy atom. The van der Waals surface area contributed by atoms with Crippen LogP contribution in [0.2, 0.25) is 0 Å². The van der Waals surface area contributed by atoms with Crippen LogP contribution in [0.1, 0.15) is 147 Å². The van der Waals surface area contributed by atoms with Gasteiger partial charge in [0.15, 0.2) is 0 Å². The number of hydrogen-bond donors (Lipinski definition) is 2. The Balaban J connectivity index is 0.000000281. The Labute approximate surface area is 651 Å². The number of aryl methyl sites for hydroxylation is 5. The van der Waals surface area contributed by atoms with Gasteiger partial charge in [0.25, 0.3) is 11.8 Å². The van der Waals surface area contributed by atoms with E-state index in [-0.39, 0.29) is 67.0 Å². The molecule has 4 atom stereocenters. The maximum Gasteiger partial charge on any atom is 0.416 e. The molecule has 0 saturated carbocycles. The van der Waals surface area contributed by atoms with Crippen molar-refractivity contribution >= 4 is 68.2 Å². The topological polar surface area (TPSA) is 185 Å². The predicted molar refractivity (Wildman–Crippen MR) is 385 cm³/mol. The number of carbonyl (C=O) groups is 5. The van der Waals surface area contributed by atoms with Gasteiger partial charge in [-0.15, -0.1) is 0 Å². The largest absolute Gasteiger partial charge is 0.466 e. The molecule has 5 saturated heterocycles. The average molecular weight is 1770 g/mol. The fourth-order valence-electron chi connectivity index (χ4n) is 11.6. The number of likely N-dealkylation sites (tertiary alicyclic amines) is 3. The highest BCUT2D eigenvalue weighted by Crippen LogP contribution is 2.39. The molecule has 0 radical (unpaired) electrons. The third-order valence-electron chi connectivity index (χ3n) is 16.7. The van der Waals surface area contributed by atoms with E-state index in [1.54, 1.807) is 65.9 Å². The fraction of sp³-hybridized carbons (Fsp3) is 0.461. The number of halogens is 21. The van der Waals surface area contributed by atoms with E-state index >= 15 is 0 Å². The zero-order valence-electron chi connectivity index (χ0n) is 60.8. The van der Waals surface area contributed by atoms with E-state index in [2.05, 4.69) is 31.3 Å². The molecule has 0 aliphatic carbocycles. The van der Waals surface area contributed by atoms with E-state index < -0.39 is 115 Å². The van der Waals surface area contributed by atoms with Crippen molar-refractivity contribution in [3.05, 3.63) is 197 Å². The predicted octanol–water partition coefficient (Wildman–Crippen LogP) is 18.5. The summed E-state index contributed by atoms with van der Waals surface area (Å²) in [6.45, 7) is 13.2. The molecule has 111 heavy (non-hydrogen) atoms. The molecule has 608 valence electrons. The maximum atomic E-state index is 13.0. The number of hydrogen-bond acceptors (Lipinski definition) is 11. The Morgan fingerprint density at radius 1 is 0.568 bits per heavy atom. The van der Waals surface area contributed by atoms with Gasteiger partial charge in [0, 0.05) is 62.8 Å². The summed E-state index contributed by atoms with van der Waals surface area (Å²) < 4.78 is 250. The molecule has 5 fully saturated rings. The van der Waals surface area contributed by atoms with Gasteiger partial charge in [0.2, 0.25) is 17.7 Å². The summed E-state index contributed by atoms with van der Waals surface area (Å²) in [7, 11) is 0. The van der Waals surface area contributed by atoms with E-state index in [9.17, 15) is 107 Å². The molecule has 4 unspecified atom stereocenters. The van der Waals surface area contributed by atoms with Gasteiger partial charge in [0.05, 0.1) is 98.1 Å². The first-order valence-electron chi connectivity index (χ1n) is 34.0. The molecule has 5 aromatic carbocycles. The summed E-state index contributed by atoms with van der Waals surface area (Å²) in [6.07, 6.45) is -16.1. The van der Waals surface area contributed by atoms with Crippen LogP contribution in [-0.2, 0) is 70.7 Å². The Hall–Kier alpha value is -8.45. The van der Waals surface area contributed by atoms with Gasteiger partial charge in [-0.1, -0.05) is 96.7 Å². The van der Waals surface area contributed by atoms with E-state index in [1.807, 2.05) is 45.7 Å². The second-order valence-corrected chi connectivity index (χ2v) is 27.6. The Kier molecular flexibility index (Phi) is 35.8. The standard InChI is InChI=1S/C18H19F5N2O.C14H14F3NO2.C12H12F3NO.C12H14F3N.C10H8F3N.C6H6F2INO.C4H7BrO2/c1-12-6-14(8-15(7-12)18(21,22)23)13-2-4-24(9-13)5-3-16(26)25-10-17(19,20)11-25;1-3-20-13(19)7-11(8-18)10-4-9(2)5-12(6-10)14(15,16)17;1-7-2-8(9-5-11(17)16-6-9)4-10(3-7)12(13,14)15;1-8-4-10(9-2-3-16-7-9)6-11(5-8)12(13,14)15;1-7-4-8(2-3-14)6-9(5-7)10(11,12)13;7-6(8)3-10(4-6)5(11)1-2-9;1-2-7-4(6)3-5/h3,5-8,13H,2,4,9-11H2,1H3;4-6,11H,3,7H2,1-2H3;2-4,9H,5-6H2,1H3,(H,16,17);4-6,9,16H,2-3,7H2,1H3;4-6H,2H2,1H3;1-2H,3-4H2;2-3H2,1H3/b5-3-;;;;;2-1-;. The quantitative estimate of drug-likeness (QED) is 0.0376. The summed E-state index contributed by atoms with van der Waals surface area (Å²) in [6, 6.07) is 23.1. The molecular weight excluding hydrogens is 1690 g/mol. The van der Waals surface area contributed by atoms with Crippen molar-refractivity contribution in [3.8, 4) is 12.1 Å². The van der Waals surface area contributed by atoms with Crippen molar-refractivity contribution < 1.29 is 117 Å². The van der Waals surface area contributed by atoms with Gasteiger partial charge in [-0.3, -0.25) is 24.0 Å². The number of amides is 3. The molecule has 3 amide bonds. The number of nitrogens with one attached hydrogen (secondary N) is 2. The highest BCUT2D eigenvalue weighted by molar-refractivity contribution is 14.1. The van der Waals surface area contributed by atoms with Gasteiger partial charge in [-0.05, 0) is 166 Å². The van der Waals surface area contributed by atoms with Gasteiger partial charge in [-0.25, -0.2) is 17.6 Å². The number of carbonyl (C=O) groups excluding carboxylic acids is 5. The van der Waals surface area contributed by atoms with Crippen molar-refractivity contribution in [1.29, 1.82) is 10.5 Å². The maximum absolute atomic E-state index is 13.0. The SMILES string of the molecule is CCOC(=O)CBr.CCOC(=O)CC(C#N)c1cc(C)cc(C(F)(F)F)c1.Cc1cc(C2CCN(/C=C\C(=O)N3CC(F)(F)C3)C2)cc(C(F)(F)F)c1.Cc1cc(C2CCNC2)cc(C(F)(F)F)c1.Cc1cc(C2CNC(=O)C2)cc(C(F)(F)F)c1.Cc1cc(CC#N)cc(C(F)(F)F)c1.O=C(/C=C\I)N1CC(F)(F)C1. The summed E-state index contributed by atoms with van der Waals surface area (Å²) in [4.78, 5) is 59.1. The van der Waals surface area contributed by atoms with E-state index in [4.69, 9.17) is 15.3 Å². The number of nitrogens with zero attached hydrogens (tertiary/aromatic N) is 5. The average Bonchev–Trinajstić information content (AvgIpc) is 1.02. The number of esters is 2. The second kappa shape index (κ2) is 41.9. The molecule has 14 nitrogen and oxygen atoms in total. The minimum absolute atomic E-state index is 0.00472. The molecule has 0 aromatic heterocycles. The van der Waals surface area contributed by atoms with Gasteiger partial charge in [0.1, 0.15) is 5.33 Å². The summed E-state index contributed by atoms with van der Waals surface area (Å²) in [5.41, 5.74) is 1.94. The third kappa shape index (κ3) is 32.7. The summed E-state index contributed by atoms with van der Waals surface area (Å²) in [5, 5.41) is 23.5. The Bertz CT molecular complexity index is 4110. The van der Waals surface area contributed by atoms with Crippen LogP contribution in [0.3, 0.4) is 0 Å². The third-order valence-corrected chi connectivity index (χ3v) is 17.5. The molecule has 5 aliphatic rings. The molecule has 5 aromatic rings. The lowest BCUT2D eigenvalue weighted by Gasteiger charge is -2.38. The molecule has 35 heteroatoms. The van der Waals surface area contributed by atoms with Crippen molar-refractivity contribution in [1.82, 2.24) is 25.3 Å². The number of benzene rings is 5. The normalized spacial score (nSPS) is 17.9. The van der Waals surface area contributed by atoms with Crippen molar-refractivity contribution in [2.24, 2.45) is 0 Å². The second-order valence-electron chi connectivity index (χ2n) is 26.3. The van der Waals surface area contributed by atoms with Crippen LogP contribution in [0.15, 0.2) is 113 Å². The lowest BCUT2D eigenvalue weighted by Crippen LogP contribution is -2.58. The van der Waals surface area contributed by atoms with E-state index in [1.165, 1.54) is 47.4 Å². The lowest BCUT2D eigenvalue weighted by atomic mass is 9.93. The van der Waals surface area contributed by atoms with Gasteiger partial charge >= 0.3 is 42.8 Å². The zero-order valence-corrected chi connectivity index (χ0v) is 64.6. The van der Waals surface area contributed by atoms with Crippen LogP contribution < -0.4 is 10.6 Å². The number of ether oxygens (including phenoxy) is 2. The summed E-state index contributed by atoms with van der Waals surface area (Å²) in [5.74, 6) is -8.14. The zero-order chi connectivity index (χ0) is 83.8. The Morgan fingerprint density at radius 3 is 1.36 bits per heavy atom. The van der Waals surface area contributed by atoms with Crippen molar-refractivity contribution in [2.75, 3.05) is 77.4 Å². The first-order valence-corrected chi connectivity index (χ1v) is 36.4. The first-order chi connectivity index (χ1) is 51.4. The van der Waals surface area contributed by atoms with Crippen LogP contribution in [0, 0.1) is 57.3 Å². The highest BCUT2D eigenvalue weighted by atomic mass is 127. The monoisotopic (exact) mass is 1770 g/mol. The number of alkyl halides is 20. The number of rotatable bonds is 13. The molecule has 2 N–H and O–H groups in total. The van der Waals surface area contributed by atoms with Crippen LogP contribution in [0.25, 0.3) is 0 Å². The molecule has 5 aliphatic heterocycles. The van der Waals surface area contributed by atoms with Crippen LogP contribution in [0.4, 0.5) is 83.4 Å². The van der Waals surface area contributed by atoms with Gasteiger partial charge < -0.3 is 34.8 Å². The van der Waals surface area contributed by atoms with Gasteiger partial charge in [-0.2, -0.15) is 76.4 Å². The molecule has 0 spiro atoms. The van der Waals surface area contributed by atoms with Crippen LogP contribution in [0.5, 0.6) is 0 Å². The van der Waals surface area contributed by atoms with Crippen LogP contribution in [-0.4, -0.2) is 134 Å². The van der Waals surface area contributed by atoms with E-state index in [0.717, 1.165) is 77.3 Å². The molecule has 5 heterocycles. The van der Waals surface area contributed by atoms with Crippen LogP contribution >= 0.6 is 38.5 Å². The lowest BCUT2D eigenvalue weighted by molar-refractivity contribution is -0.161. The molecule has 10 rings (SSSR count). The van der Waals surface area contributed by atoms with Crippen molar-refractivity contribution in [3.63, 3.8) is 0 Å². The first kappa shape index (κ1) is 94.9. The molecular formula is C76H80BrF19IN7O7. The van der Waals surface area contributed by atoms with E-state index in [0.29, 0.717) is 82.5 Å². The minimum atomic E-state index is -4.48. The van der Waals surface area contributed by atoms with Crippen molar-refractivity contribution in [2.45, 2.75) is 147 Å².